The Hall–Kier alpha value is -1.59. The van der Waals surface area contributed by atoms with E-state index in [-0.39, 0.29) is 0 Å². The standard InChI is InChI=1S/C14H13BrN2O2/c1-17-11-5-3-2-4-10(11)16-13(17)8-12(18)14-9(15)6-7-19-14/h2-7,12,18H,8H2,1H3. The van der Waals surface area contributed by atoms with Crippen LogP contribution in [0, 0.1) is 0 Å². The van der Waals surface area contributed by atoms with Gasteiger partial charge in [0.25, 0.3) is 0 Å². The number of furan rings is 1. The summed E-state index contributed by atoms with van der Waals surface area (Å²) in [6.07, 6.45) is 1.26. The molecule has 2 aromatic heterocycles. The number of aliphatic hydroxyl groups is 1. The maximum absolute atomic E-state index is 10.2. The number of rotatable bonds is 3. The molecular formula is C14H13BrN2O2. The van der Waals surface area contributed by atoms with Crippen molar-refractivity contribution >= 4 is 27.0 Å². The Labute approximate surface area is 118 Å². The Morgan fingerprint density at radius 3 is 2.84 bits per heavy atom. The first-order chi connectivity index (χ1) is 9.16. The molecule has 3 rings (SSSR count). The first-order valence-electron chi connectivity index (χ1n) is 5.98. The van der Waals surface area contributed by atoms with Crippen LogP contribution < -0.4 is 0 Å². The van der Waals surface area contributed by atoms with E-state index in [1.54, 1.807) is 12.3 Å². The number of benzene rings is 1. The summed E-state index contributed by atoms with van der Waals surface area (Å²) in [6.45, 7) is 0. The lowest BCUT2D eigenvalue weighted by Gasteiger charge is -2.08. The number of para-hydroxylation sites is 2. The Morgan fingerprint density at radius 1 is 1.37 bits per heavy atom. The van der Waals surface area contributed by atoms with Crippen molar-refractivity contribution < 1.29 is 9.52 Å². The van der Waals surface area contributed by atoms with E-state index in [0.717, 1.165) is 21.3 Å². The van der Waals surface area contributed by atoms with Crippen LogP contribution in [0.15, 0.2) is 45.5 Å². The lowest BCUT2D eigenvalue weighted by atomic mass is 10.2. The smallest absolute Gasteiger partial charge is 0.146 e. The van der Waals surface area contributed by atoms with E-state index in [1.807, 2.05) is 35.9 Å². The van der Waals surface area contributed by atoms with Crippen LogP contribution in [0.25, 0.3) is 11.0 Å². The Bertz CT molecular complexity index is 717. The van der Waals surface area contributed by atoms with Crippen LogP contribution in [0.1, 0.15) is 17.7 Å². The minimum Gasteiger partial charge on any atom is -0.465 e. The monoisotopic (exact) mass is 320 g/mol. The second kappa shape index (κ2) is 4.83. The van der Waals surface area contributed by atoms with Gasteiger partial charge in [-0.05, 0) is 34.1 Å². The zero-order valence-corrected chi connectivity index (χ0v) is 12.0. The number of aryl methyl sites for hydroxylation is 1. The van der Waals surface area contributed by atoms with Gasteiger partial charge in [-0.2, -0.15) is 0 Å². The number of aromatic nitrogens is 2. The summed E-state index contributed by atoms with van der Waals surface area (Å²) < 4.78 is 8.05. The average Bonchev–Trinajstić information content (AvgIpc) is 2.95. The molecule has 0 aliphatic heterocycles. The van der Waals surface area contributed by atoms with Crippen LogP contribution >= 0.6 is 15.9 Å². The fraction of sp³-hybridized carbons (Fsp3) is 0.214. The highest BCUT2D eigenvalue weighted by molar-refractivity contribution is 9.10. The highest BCUT2D eigenvalue weighted by Gasteiger charge is 2.18. The van der Waals surface area contributed by atoms with Crippen molar-refractivity contribution in [3.8, 4) is 0 Å². The van der Waals surface area contributed by atoms with Gasteiger partial charge in [0, 0.05) is 13.5 Å². The van der Waals surface area contributed by atoms with Crippen LogP contribution in [-0.4, -0.2) is 14.7 Å². The van der Waals surface area contributed by atoms with E-state index in [9.17, 15) is 5.11 Å². The van der Waals surface area contributed by atoms with E-state index in [1.165, 1.54) is 0 Å². The first-order valence-corrected chi connectivity index (χ1v) is 6.77. The molecule has 0 saturated carbocycles. The number of aliphatic hydroxyl groups excluding tert-OH is 1. The Kier molecular flexibility index (Phi) is 3.16. The zero-order chi connectivity index (χ0) is 13.4. The van der Waals surface area contributed by atoms with Crippen LogP contribution in [0.4, 0.5) is 0 Å². The van der Waals surface area contributed by atoms with Gasteiger partial charge < -0.3 is 14.1 Å². The zero-order valence-electron chi connectivity index (χ0n) is 10.4. The summed E-state index contributed by atoms with van der Waals surface area (Å²) >= 11 is 3.35. The third-order valence-corrected chi connectivity index (χ3v) is 3.86. The number of hydrogen-bond donors (Lipinski definition) is 1. The molecule has 4 nitrogen and oxygen atoms in total. The summed E-state index contributed by atoms with van der Waals surface area (Å²) in [7, 11) is 1.95. The number of fused-ring (bicyclic) bond motifs is 1. The van der Waals surface area contributed by atoms with Crippen molar-refractivity contribution in [2.24, 2.45) is 7.05 Å². The summed E-state index contributed by atoms with van der Waals surface area (Å²) in [4.78, 5) is 4.54. The van der Waals surface area contributed by atoms with Crippen molar-refractivity contribution in [3.63, 3.8) is 0 Å². The summed E-state index contributed by atoms with van der Waals surface area (Å²) in [5, 5.41) is 10.2. The molecule has 1 atom stereocenters. The predicted octanol–water partition coefficient (Wildman–Crippen LogP) is 3.20. The molecule has 0 bridgehead atoms. The van der Waals surface area contributed by atoms with Crippen LogP contribution in [0.5, 0.6) is 0 Å². The molecule has 1 N–H and O–H groups in total. The van der Waals surface area contributed by atoms with Crippen molar-refractivity contribution in [1.29, 1.82) is 0 Å². The maximum Gasteiger partial charge on any atom is 0.146 e. The summed E-state index contributed by atoms with van der Waals surface area (Å²) in [5.74, 6) is 1.36. The Balaban J connectivity index is 1.93. The minimum absolute atomic E-state index is 0.414. The highest BCUT2D eigenvalue weighted by Crippen LogP contribution is 2.27. The minimum atomic E-state index is -0.708. The maximum atomic E-state index is 10.2. The van der Waals surface area contributed by atoms with Crippen molar-refractivity contribution in [2.45, 2.75) is 12.5 Å². The van der Waals surface area contributed by atoms with Crippen LogP contribution in [0.2, 0.25) is 0 Å². The summed E-state index contributed by atoms with van der Waals surface area (Å²) in [6, 6.07) is 9.69. The van der Waals surface area contributed by atoms with Gasteiger partial charge in [-0.3, -0.25) is 0 Å². The van der Waals surface area contributed by atoms with Gasteiger partial charge in [-0.25, -0.2) is 4.98 Å². The van der Waals surface area contributed by atoms with Crippen molar-refractivity contribution in [3.05, 3.63) is 52.7 Å². The number of nitrogens with zero attached hydrogens (tertiary/aromatic N) is 2. The topological polar surface area (TPSA) is 51.2 Å². The average molecular weight is 321 g/mol. The molecule has 19 heavy (non-hydrogen) atoms. The van der Waals surface area contributed by atoms with Gasteiger partial charge in [0.15, 0.2) is 0 Å². The number of hydrogen-bond acceptors (Lipinski definition) is 3. The van der Waals surface area contributed by atoms with Gasteiger partial charge in [0.05, 0.1) is 21.8 Å². The number of imidazole rings is 1. The largest absolute Gasteiger partial charge is 0.465 e. The first kappa shape index (κ1) is 12.4. The molecule has 5 heteroatoms. The molecule has 0 amide bonds. The predicted molar refractivity (Wildman–Crippen MR) is 75.8 cm³/mol. The van der Waals surface area contributed by atoms with E-state index >= 15 is 0 Å². The number of halogens is 1. The molecule has 98 valence electrons. The molecule has 0 radical (unpaired) electrons. The third-order valence-electron chi connectivity index (χ3n) is 3.20. The normalized spacial score (nSPS) is 13.0. The fourth-order valence-electron chi connectivity index (χ4n) is 2.19. The molecule has 0 fully saturated rings. The third kappa shape index (κ3) is 2.19. The molecule has 1 unspecified atom stereocenters. The van der Waals surface area contributed by atoms with Crippen LogP contribution in [0.3, 0.4) is 0 Å². The Morgan fingerprint density at radius 2 is 2.16 bits per heavy atom. The molecule has 0 aliphatic rings. The molecule has 2 heterocycles. The lowest BCUT2D eigenvalue weighted by molar-refractivity contribution is 0.146. The van der Waals surface area contributed by atoms with Gasteiger partial charge in [0.1, 0.15) is 17.7 Å². The second-order valence-electron chi connectivity index (χ2n) is 4.43. The van der Waals surface area contributed by atoms with E-state index in [0.29, 0.717) is 12.2 Å². The molecule has 1 aromatic carbocycles. The SMILES string of the molecule is Cn1c(CC(O)c2occc2Br)nc2ccccc21. The quantitative estimate of drug-likeness (QED) is 0.806. The molecule has 0 aliphatic carbocycles. The van der Waals surface area contributed by atoms with Crippen molar-refractivity contribution in [2.75, 3.05) is 0 Å². The van der Waals surface area contributed by atoms with Gasteiger partial charge in [0.2, 0.25) is 0 Å². The molecule has 0 saturated heterocycles. The molecule has 3 aromatic rings. The van der Waals surface area contributed by atoms with E-state index in [4.69, 9.17) is 4.42 Å². The summed E-state index contributed by atoms with van der Waals surface area (Å²) in [5.41, 5.74) is 1.99. The van der Waals surface area contributed by atoms with Gasteiger partial charge in [-0.1, -0.05) is 12.1 Å². The second-order valence-corrected chi connectivity index (χ2v) is 5.28. The molecule has 0 spiro atoms. The van der Waals surface area contributed by atoms with E-state index < -0.39 is 6.10 Å². The van der Waals surface area contributed by atoms with Crippen molar-refractivity contribution in [1.82, 2.24) is 9.55 Å². The van der Waals surface area contributed by atoms with Gasteiger partial charge >= 0.3 is 0 Å². The molecular weight excluding hydrogens is 308 g/mol. The van der Waals surface area contributed by atoms with E-state index in [2.05, 4.69) is 20.9 Å². The fourth-order valence-corrected chi connectivity index (χ4v) is 2.65. The van der Waals surface area contributed by atoms with Crippen LogP contribution in [-0.2, 0) is 13.5 Å². The lowest BCUT2D eigenvalue weighted by Crippen LogP contribution is -2.06. The van der Waals surface area contributed by atoms with Gasteiger partial charge in [-0.15, -0.1) is 0 Å². The highest BCUT2D eigenvalue weighted by atomic mass is 79.9.